The molecule has 0 bridgehead atoms. The zero-order valence-electron chi connectivity index (χ0n) is 17.7. The van der Waals surface area contributed by atoms with Crippen LogP contribution < -0.4 is 0 Å². The number of ketones is 1. The minimum absolute atomic E-state index is 0.0370. The first-order valence-electron chi connectivity index (χ1n) is 9.99. The number of esters is 1. The zero-order valence-corrected chi connectivity index (χ0v) is 17.7. The lowest BCUT2D eigenvalue weighted by Crippen LogP contribution is -2.18. The van der Waals surface area contributed by atoms with Crippen molar-refractivity contribution in [2.24, 2.45) is 5.92 Å². The van der Waals surface area contributed by atoms with Crippen LogP contribution in [0.25, 0.3) is 0 Å². The maximum absolute atomic E-state index is 11.7. The highest BCUT2D eigenvalue weighted by molar-refractivity contribution is 5.79. The van der Waals surface area contributed by atoms with E-state index >= 15 is 0 Å². The van der Waals surface area contributed by atoms with Crippen LogP contribution in [-0.2, 0) is 30.4 Å². The Labute approximate surface area is 170 Å². The molecule has 5 nitrogen and oxygen atoms in total. The Morgan fingerprint density at radius 3 is 2.11 bits per heavy atom. The van der Waals surface area contributed by atoms with Crippen molar-refractivity contribution in [1.82, 2.24) is 0 Å². The lowest BCUT2D eigenvalue weighted by molar-refractivity contribution is -0.146. The highest BCUT2D eigenvalue weighted by Gasteiger charge is 2.21. The molecular weight excluding hydrogens is 356 g/mol. The van der Waals surface area contributed by atoms with E-state index in [2.05, 4.69) is 13.2 Å². The van der Waals surface area contributed by atoms with Gasteiger partial charge in [-0.25, -0.2) is 0 Å². The van der Waals surface area contributed by atoms with Crippen molar-refractivity contribution in [1.29, 1.82) is 0 Å². The Morgan fingerprint density at radius 2 is 1.61 bits per heavy atom. The van der Waals surface area contributed by atoms with Crippen LogP contribution >= 0.6 is 0 Å². The number of carbonyl (C=O) groups is 2. The van der Waals surface area contributed by atoms with E-state index in [-0.39, 0.29) is 12.3 Å². The van der Waals surface area contributed by atoms with Gasteiger partial charge in [-0.3, -0.25) is 9.59 Å². The van der Waals surface area contributed by atoms with Crippen molar-refractivity contribution in [2.75, 3.05) is 13.2 Å². The fourth-order valence-electron chi connectivity index (χ4n) is 2.75. The molecule has 1 aromatic carbocycles. The quantitative estimate of drug-likeness (QED) is 0.350. The summed E-state index contributed by atoms with van der Waals surface area (Å²) < 4.78 is 15.4. The van der Waals surface area contributed by atoms with Crippen LogP contribution in [0.2, 0.25) is 0 Å². The molecule has 0 aromatic heterocycles. The predicted molar refractivity (Wildman–Crippen MR) is 112 cm³/mol. The summed E-state index contributed by atoms with van der Waals surface area (Å²) in [6.07, 6.45) is 3.32. The topological polar surface area (TPSA) is 61.8 Å². The third-order valence-electron chi connectivity index (χ3n) is 4.16. The van der Waals surface area contributed by atoms with Crippen LogP contribution in [0, 0.1) is 5.92 Å². The second-order valence-electron chi connectivity index (χ2n) is 6.31. The van der Waals surface area contributed by atoms with Crippen molar-refractivity contribution in [2.45, 2.75) is 65.8 Å². The molecule has 2 rings (SSSR count). The van der Waals surface area contributed by atoms with Gasteiger partial charge in [-0.05, 0) is 45.1 Å². The van der Waals surface area contributed by atoms with Crippen LogP contribution in [0.4, 0.5) is 0 Å². The van der Waals surface area contributed by atoms with Gasteiger partial charge in [-0.1, -0.05) is 30.3 Å². The van der Waals surface area contributed by atoms with E-state index in [9.17, 15) is 9.59 Å². The number of Topliss-reactive ketones (excluding diaryl/α,β-unsaturated/α-hetero) is 1. The third-order valence-corrected chi connectivity index (χ3v) is 4.16. The SMILES string of the molecule is C=C.CCOC(C)OCC.O=C1CCC(CC(=O)OCc2ccccc2)CC1. The first-order valence-corrected chi connectivity index (χ1v) is 9.99. The van der Waals surface area contributed by atoms with E-state index in [0.717, 1.165) is 31.6 Å². The van der Waals surface area contributed by atoms with Gasteiger partial charge in [0.05, 0.1) is 0 Å². The highest BCUT2D eigenvalue weighted by atomic mass is 16.7. The molecule has 0 aliphatic heterocycles. The number of hydrogen-bond acceptors (Lipinski definition) is 5. The van der Waals surface area contributed by atoms with Crippen molar-refractivity contribution in [3.63, 3.8) is 0 Å². The Balaban J connectivity index is 0.000000618. The molecule has 0 atom stereocenters. The average Bonchev–Trinajstić information content (AvgIpc) is 2.71. The second kappa shape index (κ2) is 17.1. The number of benzene rings is 1. The summed E-state index contributed by atoms with van der Waals surface area (Å²) in [5.41, 5.74) is 1.00. The maximum atomic E-state index is 11.7. The van der Waals surface area contributed by atoms with Gasteiger partial charge < -0.3 is 14.2 Å². The van der Waals surface area contributed by atoms with Crippen LogP contribution in [0.15, 0.2) is 43.5 Å². The van der Waals surface area contributed by atoms with Gasteiger partial charge in [-0.15, -0.1) is 13.2 Å². The lowest BCUT2D eigenvalue weighted by Gasteiger charge is -2.19. The first kappa shape index (κ1) is 26.0. The van der Waals surface area contributed by atoms with E-state index in [1.54, 1.807) is 0 Å². The van der Waals surface area contributed by atoms with Crippen LogP contribution in [0.1, 0.15) is 58.4 Å². The maximum Gasteiger partial charge on any atom is 0.306 e. The molecule has 5 heteroatoms. The summed E-state index contributed by atoms with van der Waals surface area (Å²) >= 11 is 0. The molecule has 0 unspecified atom stereocenters. The minimum Gasteiger partial charge on any atom is -0.461 e. The fourth-order valence-corrected chi connectivity index (χ4v) is 2.75. The molecular formula is C23H36O5. The summed E-state index contributed by atoms with van der Waals surface area (Å²) in [6, 6.07) is 9.66. The number of ether oxygens (including phenoxy) is 3. The molecule has 1 fully saturated rings. The normalized spacial score (nSPS) is 13.8. The minimum atomic E-state index is -0.154. The zero-order chi connectivity index (χ0) is 21.2. The molecule has 28 heavy (non-hydrogen) atoms. The molecule has 0 heterocycles. The molecule has 0 radical (unpaired) electrons. The standard InChI is InChI=1S/C15H18O3.C6H14O2.C2H4/c16-14-8-6-12(7-9-14)10-15(17)18-11-13-4-2-1-3-5-13;1-4-7-6(3)8-5-2;1-2/h1-5,12H,6-11H2;6H,4-5H2,1-3H3;1-2H2. The van der Waals surface area contributed by atoms with Gasteiger partial charge >= 0.3 is 5.97 Å². The van der Waals surface area contributed by atoms with E-state index < -0.39 is 0 Å². The van der Waals surface area contributed by atoms with Crippen molar-refractivity contribution in [3.05, 3.63) is 49.1 Å². The van der Waals surface area contributed by atoms with Gasteiger partial charge in [-0.2, -0.15) is 0 Å². The molecule has 0 spiro atoms. The van der Waals surface area contributed by atoms with Crippen molar-refractivity contribution >= 4 is 11.8 Å². The van der Waals surface area contributed by atoms with Crippen LogP contribution in [0.5, 0.6) is 0 Å². The van der Waals surface area contributed by atoms with E-state index in [1.165, 1.54) is 0 Å². The largest absolute Gasteiger partial charge is 0.461 e. The number of rotatable bonds is 8. The molecule has 1 saturated carbocycles. The monoisotopic (exact) mass is 392 g/mol. The van der Waals surface area contributed by atoms with Crippen LogP contribution in [-0.4, -0.2) is 31.3 Å². The Bertz CT molecular complexity index is 513. The summed E-state index contributed by atoms with van der Waals surface area (Å²) in [4.78, 5) is 22.7. The Kier molecular flexibility index (Phi) is 15.9. The van der Waals surface area contributed by atoms with E-state index in [1.807, 2.05) is 51.1 Å². The summed E-state index contributed by atoms with van der Waals surface area (Å²) in [5.74, 6) is 0.494. The van der Waals surface area contributed by atoms with E-state index in [0.29, 0.717) is 37.6 Å². The first-order chi connectivity index (χ1) is 13.5. The van der Waals surface area contributed by atoms with Crippen LogP contribution in [0.3, 0.4) is 0 Å². The van der Waals surface area contributed by atoms with Gasteiger partial charge in [0, 0.05) is 32.5 Å². The molecule has 1 aromatic rings. The average molecular weight is 393 g/mol. The molecule has 0 amide bonds. The fraction of sp³-hybridized carbons (Fsp3) is 0.565. The predicted octanol–water partition coefficient (Wildman–Crippen LogP) is 5.09. The van der Waals surface area contributed by atoms with Gasteiger partial charge in [0.15, 0.2) is 6.29 Å². The summed E-state index contributed by atoms with van der Waals surface area (Å²) in [5, 5.41) is 0. The Morgan fingerprint density at radius 1 is 1.07 bits per heavy atom. The number of carbonyl (C=O) groups excluding carboxylic acids is 2. The molecule has 0 saturated heterocycles. The second-order valence-corrected chi connectivity index (χ2v) is 6.31. The molecule has 158 valence electrons. The van der Waals surface area contributed by atoms with E-state index in [4.69, 9.17) is 14.2 Å². The van der Waals surface area contributed by atoms with Crippen molar-refractivity contribution in [3.8, 4) is 0 Å². The molecule has 1 aliphatic rings. The smallest absolute Gasteiger partial charge is 0.306 e. The van der Waals surface area contributed by atoms with Gasteiger partial charge in [0.25, 0.3) is 0 Å². The molecule has 1 aliphatic carbocycles. The lowest BCUT2D eigenvalue weighted by atomic mass is 9.86. The van der Waals surface area contributed by atoms with Gasteiger partial charge in [0.1, 0.15) is 12.4 Å². The van der Waals surface area contributed by atoms with Crippen molar-refractivity contribution < 1.29 is 23.8 Å². The third kappa shape index (κ3) is 13.2. The summed E-state index contributed by atoms with van der Waals surface area (Å²) in [7, 11) is 0. The molecule has 0 N–H and O–H groups in total. The summed E-state index contributed by atoms with van der Waals surface area (Å²) in [6.45, 7) is 13.6. The van der Waals surface area contributed by atoms with Gasteiger partial charge in [0.2, 0.25) is 0 Å². The number of hydrogen-bond donors (Lipinski definition) is 0. The highest BCUT2D eigenvalue weighted by Crippen LogP contribution is 2.24. The Hall–Kier alpha value is -1.98.